The summed E-state index contributed by atoms with van der Waals surface area (Å²) in [5.41, 5.74) is 0. The van der Waals surface area contributed by atoms with Crippen molar-refractivity contribution in [2.45, 2.75) is 44.8 Å². The van der Waals surface area contributed by atoms with Crippen LogP contribution in [0.3, 0.4) is 0 Å². The Morgan fingerprint density at radius 2 is 2.11 bits per heavy atom. The van der Waals surface area contributed by atoms with Crippen LogP contribution in [0.25, 0.3) is 0 Å². The average molecular weight is 294 g/mol. The Bertz CT molecular complexity index is 450. The van der Waals surface area contributed by atoms with Crippen LogP contribution in [0, 0.1) is 0 Å². The van der Waals surface area contributed by atoms with E-state index in [1.54, 1.807) is 0 Å². The molecular weight excluding hydrogens is 279 g/mol. The molecule has 0 N–H and O–H groups in total. The van der Waals surface area contributed by atoms with Crippen LogP contribution in [0.1, 0.15) is 38.4 Å². The van der Waals surface area contributed by atoms with Gasteiger partial charge in [-0.1, -0.05) is 18.5 Å². The lowest BCUT2D eigenvalue weighted by atomic mass is 10.0. The maximum absolute atomic E-state index is 12.7. The molecule has 2 heterocycles. The van der Waals surface area contributed by atoms with E-state index < -0.39 is 12.0 Å². The number of alkyl halides is 3. The number of nitrogens with zero attached hydrogens (tertiary/aromatic N) is 3. The van der Waals surface area contributed by atoms with E-state index in [1.165, 1.54) is 6.07 Å². The van der Waals surface area contributed by atoms with Gasteiger partial charge in [0.2, 0.25) is 5.82 Å². The second kappa shape index (κ2) is 5.53. The zero-order valence-corrected chi connectivity index (χ0v) is 11.3. The fourth-order valence-corrected chi connectivity index (χ4v) is 2.58. The van der Waals surface area contributed by atoms with Gasteiger partial charge < -0.3 is 4.90 Å². The molecule has 0 aromatic carbocycles. The quantitative estimate of drug-likeness (QED) is 0.774. The van der Waals surface area contributed by atoms with Crippen LogP contribution in [0.2, 0.25) is 5.15 Å². The molecule has 1 aromatic heterocycles. The fourth-order valence-electron chi connectivity index (χ4n) is 2.41. The van der Waals surface area contributed by atoms with E-state index in [4.69, 9.17) is 11.6 Å². The minimum atomic E-state index is -4.57. The van der Waals surface area contributed by atoms with E-state index in [0.29, 0.717) is 6.54 Å². The third kappa shape index (κ3) is 3.29. The first-order chi connectivity index (χ1) is 8.91. The van der Waals surface area contributed by atoms with E-state index in [-0.39, 0.29) is 17.0 Å². The summed E-state index contributed by atoms with van der Waals surface area (Å²) in [7, 11) is 0. The van der Waals surface area contributed by atoms with Crippen molar-refractivity contribution in [3.8, 4) is 0 Å². The molecule has 106 valence electrons. The van der Waals surface area contributed by atoms with Crippen molar-refractivity contribution in [3.63, 3.8) is 0 Å². The lowest BCUT2D eigenvalue weighted by Crippen LogP contribution is -2.40. The summed E-state index contributed by atoms with van der Waals surface area (Å²) in [6, 6.07) is 1.63. The van der Waals surface area contributed by atoms with Gasteiger partial charge in [-0.3, -0.25) is 0 Å². The summed E-state index contributed by atoms with van der Waals surface area (Å²) >= 11 is 5.69. The molecule has 7 heteroatoms. The summed E-state index contributed by atoms with van der Waals surface area (Å²) in [5.74, 6) is -0.894. The summed E-state index contributed by atoms with van der Waals surface area (Å²) in [6.07, 6.45) is -0.668. The number of halogens is 4. The molecule has 0 radical (unpaired) electrons. The largest absolute Gasteiger partial charge is 0.451 e. The van der Waals surface area contributed by atoms with Crippen molar-refractivity contribution < 1.29 is 13.2 Å². The van der Waals surface area contributed by atoms with Crippen molar-refractivity contribution in [1.29, 1.82) is 0 Å². The SMILES string of the molecule is CCC1CCCCN1c1cc(Cl)nc(C(F)(F)F)n1. The number of anilines is 1. The van der Waals surface area contributed by atoms with Gasteiger partial charge in [-0.15, -0.1) is 0 Å². The summed E-state index contributed by atoms with van der Waals surface area (Å²) in [4.78, 5) is 8.79. The lowest BCUT2D eigenvalue weighted by molar-refractivity contribution is -0.144. The van der Waals surface area contributed by atoms with E-state index >= 15 is 0 Å². The number of hydrogen-bond donors (Lipinski definition) is 0. The van der Waals surface area contributed by atoms with E-state index in [2.05, 4.69) is 9.97 Å². The van der Waals surface area contributed by atoms with Gasteiger partial charge >= 0.3 is 6.18 Å². The molecule has 1 aliphatic heterocycles. The molecule has 0 bridgehead atoms. The Kier molecular flexibility index (Phi) is 4.18. The molecule has 1 aliphatic rings. The van der Waals surface area contributed by atoms with Gasteiger partial charge in [0.25, 0.3) is 0 Å². The van der Waals surface area contributed by atoms with E-state index in [9.17, 15) is 13.2 Å². The fraction of sp³-hybridized carbons (Fsp3) is 0.667. The minimum Gasteiger partial charge on any atom is -0.353 e. The molecular formula is C12H15ClF3N3. The van der Waals surface area contributed by atoms with Crippen molar-refractivity contribution >= 4 is 17.4 Å². The monoisotopic (exact) mass is 293 g/mol. The molecule has 3 nitrogen and oxygen atoms in total. The van der Waals surface area contributed by atoms with Gasteiger partial charge in [0.1, 0.15) is 11.0 Å². The maximum atomic E-state index is 12.7. The number of aromatic nitrogens is 2. The third-order valence-corrected chi connectivity index (χ3v) is 3.52. The van der Waals surface area contributed by atoms with Crippen LogP contribution in [-0.2, 0) is 6.18 Å². The first-order valence-electron chi connectivity index (χ1n) is 6.30. The molecule has 1 fully saturated rings. The Morgan fingerprint density at radius 3 is 2.74 bits per heavy atom. The molecule has 0 spiro atoms. The molecule has 19 heavy (non-hydrogen) atoms. The molecule has 0 saturated carbocycles. The van der Waals surface area contributed by atoms with Crippen molar-refractivity contribution in [1.82, 2.24) is 9.97 Å². The summed E-state index contributed by atoms with van der Waals surface area (Å²) in [5, 5.41) is -0.169. The highest BCUT2D eigenvalue weighted by Crippen LogP contribution is 2.31. The van der Waals surface area contributed by atoms with Gasteiger partial charge in [0.15, 0.2) is 0 Å². The molecule has 1 saturated heterocycles. The van der Waals surface area contributed by atoms with Crippen LogP contribution < -0.4 is 4.90 Å². The molecule has 1 aromatic rings. The van der Waals surface area contributed by atoms with Gasteiger partial charge in [0.05, 0.1) is 0 Å². The highest BCUT2D eigenvalue weighted by atomic mass is 35.5. The van der Waals surface area contributed by atoms with Crippen LogP contribution in [-0.4, -0.2) is 22.6 Å². The zero-order valence-electron chi connectivity index (χ0n) is 10.5. The number of piperidine rings is 1. The van der Waals surface area contributed by atoms with Crippen LogP contribution in [0.15, 0.2) is 6.07 Å². The normalized spacial score (nSPS) is 20.7. The maximum Gasteiger partial charge on any atom is 0.451 e. The zero-order chi connectivity index (χ0) is 14.0. The Hall–Kier alpha value is -1.04. The molecule has 1 atom stereocenters. The first-order valence-corrected chi connectivity index (χ1v) is 6.68. The number of rotatable bonds is 2. The van der Waals surface area contributed by atoms with Gasteiger partial charge in [-0.05, 0) is 25.7 Å². The van der Waals surface area contributed by atoms with Crippen LogP contribution in [0.4, 0.5) is 19.0 Å². The predicted octanol–water partition coefficient (Wildman–Crippen LogP) is 3.92. The standard InChI is InChI=1S/C12H15ClF3N3/c1-2-8-5-3-4-6-19(8)10-7-9(13)17-11(18-10)12(14,15)16/h7-8H,2-6H2,1H3. The van der Waals surface area contributed by atoms with Gasteiger partial charge in [0, 0.05) is 18.7 Å². The lowest BCUT2D eigenvalue weighted by Gasteiger charge is -2.36. The topological polar surface area (TPSA) is 29.0 Å². The molecule has 1 unspecified atom stereocenters. The average Bonchev–Trinajstić information content (AvgIpc) is 2.37. The molecule has 0 amide bonds. The summed E-state index contributed by atoms with van der Waals surface area (Å²) < 4.78 is 38.1. The van der Waals surface area contributed by atoms with Gasteiger partial charge in [-0.25, -0.2) is 9.97 Å². The van der Waals surface area contributed by atoms with E-state index in [1.807, 2.05) is 11.8 Å². The third-order valence-electron chi connectivity index (χ3n) is 3.33. The highest BCUT2D eigenvalue weighted by Gasteiger charge is 2.36. The predicted molar refractivity (Wildman–Crippen MR) is 67.3 cm³/mol. The van der Waals surface area contributed by atoms with Gasteiger partial charge in [-0.2, -0.15) is 13.2 Å². The summed E-state index contributed by atoms with van der Waals surface area (Å²) in [6.45, 7) is 2.74. The van der Waals surface area contributed by atoms with Crippen molar-refractivity contribution in [2.75, 3.05) is 11.4 Å². The van der Waals surface area contributed by atoms with Crippen molar-refractivity contribution in [3.05, 3.63) is 17.0 Å². The second-order valence-electron chi connectivity index (χ2n) is 4.62. The minimum absolute atomic E-state index is 0.169. The smallest absolute Gasteiger partial charge is 0.353 e. The Balaban J connectivity index is 2.35. The highest BCUT2D eigenvalue weighted by molar-refractivity contribution is 6.29. The van der Waals surface area contributed by atoms with Crippen molar-refractivity contribution in [2.24, 2.45) is 0 Å². The molecule has 0 aliphatic carbocycles. The van der Waals surface area contributed by atoms with E-state index in [0.717, 1.165) is 25.7 Å². The second-order valence-corrected chi connectivity index (χ2v) is 5.01. The first kappa shape index (κ1) is 14.4. The number of hydrogen-bond acceptors (Lipinski definition) is 3. The molecule has 2 rings (SSSR count). The van der Waals surface area contributed by atoms with Crippen LogP contribution in [0.5, 0.6) is 0 Å². The van der Waals surface area contributed by atoms with Crippen LogP contribution >= 0.6 is 11.6 Å². The Labute approximate surface area is 114 Å². The Morgan fingerprint density at radius 1 is 1.37 bits per heavy atom.